The molecule has 0 spiro atoms. The van der Waals surface area contributed by atoms with Crippen LogP contribution in [0.2, 0.25) is 0 Å². The summed E-state index contributed by atoms with van der Waals surface area (Å²) in [5.41, 5.74) is 2.26. The molecule has 0 aliphatic carbocycles. The van der Waals surface area contributed by atoms with Crippen LogP contribution in [0.1, 0.15) is 23.5 Å². The van der Waals surface area contributed by atoms with Gasteiger partial charge in [0.2, 0.25) is 0 Å². The second-order valence-electron chi connectivity index (χ2n) is 5.57. The lowest BCUT2D eigenvalue weighted by atomic mass is 10.0. The molecule has 0 amide bonds. The van der Waals surface area contributed by atoms with Crippen LogP contribution < -0.4 is 10.2 Å². The summed E-state index contributed by atoms with van der Waals surface area (Å²) in [4.78, 5) is 9.49. The minimum Gasteiger partial charge on any atom is -0.363 e. The Morgan fingerprint density at radius 2 is 1.88 bits per heavy atom. The number of hydrogen-bond acceptors (Lipinski definition) is 2. The van der Waals surface area contributed by atoms with Gasteiger partial charge in [0.05, 0.1) is 17.4 Å². The number of aromatic amines is 1. The Kier molecular flexibility index (Phi) is 3.74. The monoisotopic (exact) mass is 338 g/mol. The van der Waals surface area contributed by atoms with Crippen molar-refractivity contribution in [3.05, 3.63) is 84.2 Å². The number of nitrogens with zero attached hydrogens (tertiary/aromatic N) is 2. The van der Waals surface area contributed by atoms with Crippen LogP contribution >= 0.6 is 12.2 Å². The van der Waals surface area contributed by atoms with Gasteiger partial charge in [0, 0.05) is 18.1 Å². The summed E-state index contributed by atoms with van der Waals surface area (Å²) in [7, 11) is 0. The van der Waals surface area contributed by atoms with Crippen molar-refractivity contribution in [1.29, 1.82) is 0 Å². The molecule has 0 unspecified atom stereocenters. The number of benzene rings is 1. The molecule has 1 aliphatic heterocycles. The molecule has 0 radical (unpaired) electrons. The lowest BCUT2D eigenvalue weighted by Gasteiger charge is -2.27. The number of halogens is 1. The predicted octanol–water partition coefficient (Wildman–Crippen LogP) is 3.73. The molecule has 1 fully saturated rings. The van der Waals surface area contributed by atoms with Crippen LogP contribution in [0, 0.1) is 5.82 Å². The van der Waals surface area contributed by atoms with E-state index in [-0.39, 0.29) is 17.9 Å². The maximum atomic E-state index is 14.4. The highest BCUT2D eigenvalue weighted by Gasteiger charge is 2.41. The summed E-state index contributed by atoms with van der Waals surface area (Å²) in [6.07, 6.45) is 3.60. The van der Waals surface area contributed by atoms with E-state index in [2.05, 4.69) is 15.3 Å². The molecule has 2 atom stereocenters. The van der Waals surface area contributed by atoms with Crippen molar-refractivity contribution in [3.63, 3.8) is 0 Å². The molecule has 2 aromatic heterocycles. The number of pyridine rings is 1. The van der Waals surface area contributed by atoms with E-state index in [0.717, 1.165) is 11.4 Å². The molecule has 120 valence electrons. The Balaban J connectivity index is 1.84. The van der Waals surface area contributed by atoms with Crippen LogP contribution in [0.5, 0.6) is 0 Å². The third-order valence-corrected chi connectivity index (χ3v) is 4.47. The van der Waals surface area contributed by atoms with E-state index in [4.69, 9.17) is 12.2 Å². The van der Waals surface area contributed by atoms with Gasteiger partial charge in [-0.3, -0.25) is 4.98 Å². The fraction of sp³-hybridized carbons (Fsp3) is 0.111. The maximum Gasteiger partial charge on any atom is 0.174 e. The minimum atomic E-state index is -0.306. The molecule has 0 bridgehead atoms. The van der Waals surface area contributed by atoms with Gasteiger partial charge in [0.25, 0.3) is 0 Å². The van der Waals surface area contributed by atoms with Crippen LogP contribution in [-0.4, -0.2) is 15.1 Å². The molecule has 0 saturated carbocycles. The summed E-state index contributed by atoms with van der Waals surface area (Å²) < 4.78 is 14.4. The Morgan fingerprint density at radius 1 is 1.04 bits per heavy atom. The highest BCUT2D eigenvalue weighted by molar-refractivity contribution is 7.80. The number of aromatic nitrogens is 2. The average Bonchev–Trinajstić information content (AvgIpc) is 3.24. The lowest BCUT2D eigenvalue weighted by Crippen LogP contribution is -2.30. The minimum absolute atomic E-state index is 0.169. The number of anilines is 1. The first-order valence-corrected chi connectivity index (χ1v) is 8.05. The number of thiocarbonyl (C=S) groups is 1. The van der Waals surface area contributed by atoms with Crippen LogP contribution in [0.25, 0.3) is 0 Å². The van der Waals surface area contributed by atoms with Crippen molar-refractivity contribution in [2.24, 2.45) is 0 Å². The van der Waals surface area contributed by atoms with Crippen molar-refractivity contribution in [2.75, 3.05) is 4.90 Å². The standard InChI is InChI=1S/C18H15FN4S/c19-12-6-1-2-9-15(12)23-17(14-8-5-11-21-14)16(22-18(23)24)13-7-3-4-10-20-13/h1-11,16-17,21H,(H,22,24)/t16-,17+/m0/s1. The molecule has 2 N–H and O–H groups in total. The molecule has 4 rings (SSSR count). The topological polar surface area (TPSA) is 44.0 Å². The summed E-state index contributed by atoms with van der Waals surface area (Å²) in [5.74, 6) is -0.306. The lowest BCUT2D eigenvalue weighted by molar-refractivity contribution is 0.550. The van der Waals surface area contributed by atoms with Crippen LogP contribution in [-0.2, 0) is 0 Å². The second kappa shape index (κ2) is 6.05. The van der Waals surface area contributed by atoms with Gasteiger partial charge in [0.15, 0.2) is 5.11 Å². The van der Waals surface area contributed by atoms with E-state index in [9.17, 15) is 4.39 Å². The van der Waals surface area contributed by atoms with Crippen LogP contribution in [0.15, 0.2) is 67.0 Å². The van der Waals surface area contributed by atoms with Crippen molar-refractivity contribution in [2.45, 2.75) is 12.1 Å². The number of nitrogens with one attached hydrogen (secondary N) is 2. The maximum absolute atomic E-state index is 14.4. The average molecular weight is 338 g/mol. The first-order valence-electron chi connectivity index (χ1n) is 7.64. The van der Waals surface area contributed by atoms with Gasteiger partial charge in [-0.05, 0) is 48.6 Å². The molecule has 3 heterocycles. The molecular weight excluding hydrogens is 323 g/mol. The molecule has 1 aliphatic rings. The third-order valence-electron chi connectivity index (χ3n) is 4.15. The molecule has 1 aromatic carbocycles. The zero-order valence-corrected chi connectivity index (χ0v) is 13.5. The van der Waals surface area contributed by atoms with Crippen molar-refractivity contribution >= 4 is 23.0 Å². The molecule has 24 heavy (non-hydrogen) atoms. The van der Waals surface area contributed by atoms with Gasteiger partial charge in [-0.1, -0.05) is 18.2 Å². The Morgan fingerprint density at radius 3 is 2.58 bits per heavy atom. The van der Waals surface area contributed by atoms with Crippen molar-refractivity contribution in [3.8, 4) is 0 Å². The van der Waals surface area contributed by atoms with Crippen molar-refractivity contribution < 1.29 is 4.39 Å². The van der Waals surface area contributed by atoms with E-state index in [1.807, 2.05) is 41.4 Å². The van der Waals surface area contributed by atoms with Gasteiger partial charge in [-0.25, -0.2) is 4.39 Å². The van der Waals surface area contributed by atoms with E-state index >= 15 is 0 Å². The number of H-pyrrole nitrogens is 1. The smallest absolute Gasteiger partial charge is 0.174 e. The third kappa shape index (κ3) is 2.45. The van der Waals surface area contributed by atoms with E-state index in [0.29, 0.717) is 10.8 Å². The van der Waals surface area contributed by atoms with Gasteiger partial charge >= 0.3 is 0 Å². The highest BCUT2D eigenvalue weighted by Crippen LogP contribution is 2.41. The Hall–Kier alpha value is -2.73. The summed E-state index contributed by atoms with van der Waals surface area (Å²) in [6.45, 7) is 0. The zero-order chi connectivity index (χ0) is 16.5. The van der Waals surface area contributed by atoms with Gasteiger partial charge in [-0.2, -0.15) is 0 Å². The van der Waals surface area contributed by atoms with Gasteiger partial charge in [-0.15, -0.1) is 0 Å². The zero-order valence-electron chi connectivity index (χ0n) is 12.7. The van der Waals surface area contributed by atoms with E-state index in [1.165, 1.54) is 6.07 Å². The Bertz CT molecular complexity index is 850. The SMILES string of the molecule is Fc1ccccc1N1C(=S)N[C@@H](c2ccccn2)[C@H]1c1ccc[nH]1. The fourth-order valence-corrected chi connectivity index (χ4v) is 3.44. The first kappa shape index (κ1) is 14.8. The number of rotatable bonds is 3. The van der Waals surface area contributed by atoms with Crippen LogP contribution in [0.3, 0.4) is 0 Å². The second-order valence-corrected chi connectivity index (χ2v) is 5.96. The van der Waals surface area contributed by atoms with Gasteiger partial charge in [0.1, 0.15) is 11.9 Å². The summed E-state index contributed by atoms with van der Waals surface area (Å²) in [6, 6.07) is 15.9. The predicted molar refractivity (Wildman–Crippen MR) is 95.1 cm³/mol. The van der Waals surface area contributed by atoms with E-state index < -0.39 is 0 Å². The fourth-order valence-electron chi connectivity index (χ4n) is 3.11. The van der Waals surface area contributed by atoms with Gasteiger partial charge < -0.3 is 15.2 Å². The summed E-state index contributed by atoms with van der Waals surface area (Å²) >= 11 is 5.52. The number of hydrogen-bond donors (Lipinski definition) is 2. The highest BCUT2D eigenvalue weighted by atomic mass is 32.1. The number of para-hydroxylation sites is 1. The molecule has 4 nitrogen and oxygen atoms in total. The largest absolute Gasteiger partial charge is 0.363 e. The molecular formula is C18H15FN4S. The normalized spacial score (nSPS) is 20.2. The first-order chi connectivity index (χ1) is 11.8. The van der Waals surface area contributed by atoms with Crippen molar-refractivity contribution in [1.82, 2.24) is 15.3 Å². The van der Waals surface area contributed by atoms with Crippen LogP contribution in [0.4, 0.5) is 10.1 Å². The molecule has 3 aromatic rings. The molecule has 6 heteroatoms. The van der Waals surface area contributed by atoms with E-state index in [1.54, 1.807) is 24.4 Å². The Labute approximate surface area is 144 Å². The quantitative estimate of drug-likeness (QED) is 0.714. The molecule has 1 saturated heterocycles. The summed E-state index contributed by atoms with van der Waals surface area (Å²) in [5, 5.41) is 3.77.